The number of likely N-dealkylation sites (N-methyl/N-ethyl adjacent to an activating group) is 1. The molecule has 4 heteroatoms. The molecule has 0 rings (SSSR count). The third-order valence-corrected chi connectivity index (χ3v) is 2.63. The van der Waals surface area contributed by atoms with Crippen LogP contribution in [0.5, 0.6) is 0 Å². The maximum atomic E-state index is 10.9. The van der Waals surface area contributed by atoms with Gasteiger partial charge in [-0.25, -0.2) is 0 Å². The van der Waals surface area contributed by atoms with Crippen molar-refractivity contribution in [1.82, 2.24) is 10.2 Å². The maximum absolute atomic E-state index is 10.9. The van der Waals surface area contributed by atoms with E-state index in [9.17, 15) is 4.79 Å². The lowest BCUT2D eigenvalue weighted by Crippen LogP contribution is -2.41. The molecule has 0 aromatic heterocycles. The maximum Gasteiger partial charge on any atom is 0.234 e. The van der Waals surface area contributed by atoms with E-state index in [0.717, 1.165) is 19.5 Å². The summed E-state index contributed by atoms with van der Waals surface area (Å²) in [7, 11) is 3.86. The van der Waals surface area contributed by atoms with Crippen LogP contribution < -0.4 is 11.1 Å². The Balaban J connectivity index is 3.59. The molecule has 3 N–H and O–H groups in total. The molecular formula is C11H25N3O. The van der Waals surface area contributed by atoms with Gasteiger partial charge in [-0.1, -0.05) is 19.8 Å². The van der Waals surface area contributed by atoms with Crippen LogP contribution in [0.2, 0.25) is 0 Å². The summed E-state index contributed by atoms with van der Waals surface area (Å²) >= 11 is 0. The average Bonchev–Trinajstić information content (AvgIpc) is 2.18. The lowest BCUT2D eigenvalue weighted by atomic mass is 10.2. The van der Waals surface area contributed by atoms with Crippen LogP contribution in [-0.4, -0.2) is 44.0 Å². The summed E-state index contributed by atoms with van der Waals surface area (Å²) in [5.74, 6) is -0.264. The molecule has 0 radical (unpaired) electrons. The molecule has 15 heavy (non-hydrogen) atoms. The Hall–Kier alpha value is -0.610. The zero-order valence-corrected chi connectivity index (χ0v) is 10.3. The molecule has 0 aromatic rings. The lowest BCUT2D eigenvalue weighted by molar-refractivity contribution is -0.120. The smallest absolute Gasteiger partial charge is 0.234 e. The lowest BCUT2D eigenvalue weighted by Gasteiger charge is -2.19. The van der Waals surface area contributed by atoms with Gasteiger partial charge in [0, 0.05) is 0 Å². The second kappa shape index (κ2) is 8.68. The number of nitrogens with zero attached hydrogens (tertiary/aromatic N) is 1. The van der Waals surface area contributed by atoms with Gasteiger partial charge in [-0.15, -0.1) is 0 Å². The Morgan fingerprint density at radius 2 is 2.07 bits per heavy atom. The molecule has 0 aliphatic carbocycles. The van der Waals surface area contributed by atoms with E-state index < -0.39 is 0 Å². The summed E-state index contributed by atoms with van der Waals surface area (Å²) in [5.41, 5.74) is 5.24. The summed E-state index contributed by atoms with van der Waals surface area (Å²) in [4.78, 5) is 13.2. The second-order valence-electron chi connectivity index (χ2n) is 4.04. The van der Waals surface area contributed by atoms with Crippen molar-refractivity contribution in [2.45, 2.75) is 38.6 Å². The van der Waals surface area contributed by atoms with E-state index in [1.54, 1.807) is 7.05 Å². The Bertz CT molecular complexity index is 173. The van der Waals surface area contributed by atoms with Gasteiger partial charge in [-0.3, -0.25) is 4.79 Å². The normalized spacial score (nSPS) is 13.1. The van der Waals surface area contributed by atoms with Crippen LogP contribution in [0.4, 0.5) is 0 Å². The summed E-state index contributed by atoms with van der Waals surface area (Å²) < 4.78 is 0. The topological polar surface area (TPSA) is 58.4 Å². The van der Waals surface area contributed by atoms with Crippen molar-refractivity contribution in [3.05, 3.63) is 0 Å². The Morgan fingerprint density at radius 3 is 2.53 bits per heavy atom. The minimum atomic E-state index is -0.264. The van der Waals surface area contributed by atoms with E-state index in [1.807, 2.05) is 0 Å². The molecule has 0 saturated heterocycles. The average molecular weight is 215 g/mol. The molecule has 0 aliphatic heterocycles. The summed E-state index contributed by atoms with van der Waals surface area (Å²) in [5, 5.41) is 2.92. The number of unbranched alkanes of at least 4 members (excludes halogenated alkanes) is 2. The van der Waals surface area contributed by atoms with Gasteiger partial charge in [0.25, 0.3) is 0 Å². The highest BCUT2D eigenvalue weighted by Gasteiger charge is 2.12. The van der Waals surface area contributed by atoms with Gasteiger partial charge in [0.05, 0.1) is 6.04 Å². The molecule has 0 aliphatic rings. The molecule has 0 saturated carbocycles. The van der Waals surface area contributed by atoms with Crippen molar-refractivity contribution in [3.8, 4) is 0 Å². The molecule has 4 nitrogen and oxygen atoms in total. The quantitative estimate of drug-likeness (QED) is 0.553. The molecule has 1 amide bonds. The predicted molar refractivity (Wildman–Crippen MR) is 63.7 cm³/mol. The summed E-state index contributed by atoms with van der Waals surface area (Å²) in [6.45, 7) is 4.21. The van der Waals surface area contributed by atoms with Crippen molar-refractivity contribution in [2.24, 2.45) is 5.73 Å². The third-order valence-electron chi connectivity index (χ3n) is 2.63. The molecule has 0 bridgehead atoms. The molecular weight excluding hydrogens is 190 g/mol. The highest BCUT2D eigenvalue weighted by Crippen LogP contribution is 1.99. The molecule has 1 unspecified atom stereocenters. The van der Waals surface area contributed by atoms with Crippen molar-refractivity contribution >= 4 is 5.91 Å². The van der Waals surface area contributed by atoms with Gasteiger partial charge in [-0.05, 0) is 40.0 Å². The number of nitrogens with one attached hydrogen (secondary N) is 1. The van der Waals surface area contributed by atoms with Gasteiger partial charge < -0.3 is 16.0 Å². The van der Waals surface area contributed by atoms with Crippen LogP contribution in [0.25, 0.3) is 0 Å². The first-order valence-corrected chi connectivity index (χ1v) is 5.77. The number of nitrogens with two attached hydrogens (primary N) is 1. The number of rotatable bonds is 9. The van der Waals surface area contributed by atoms with Gasteiger partial charge in [-0.2, -0.15) is 0 Å². The Morgan fingerprint density at radius 1 is 1.40 bits per heavy atom. The van der Waals surface area contributed by atoms with Crippen LogP contribution in [0.3, 0.4) is 0 Å². The summed E-state index contributed by atoms with van der Waals surface area (Å²) in [6, 6.07) is -0.196. The fourth-order valence-electron chi connectivity index (χ4n) is 1.52. The SMILES string of the molecule is CCCCCN(C)CCC(NC)C(N)=O. The first-order valence-electron chi connectivity index (χ1n) is 5.77. The minimum absolute atomic E-state index is 0.196. The van der Waals surface area contributed by atoms with Gasteiger partial charge in [0.15, 0.2) is 0 Å². The standard InChI is InChI=1S/C11H25N3O/c1-4-5-6-8-14(3)9-7-10(13-2)11(12)15/h10,13H,4-9H2,1-3H3,(H2,12,15). The molecule has 0 heterocycles. The van der Waals surface area contributed by atoms with Crippen molar-refractivity contribution in [1.29, 1.82) is 0 Å². The first-order chi connectivity index (χ1) is 7.11. The van der Waals surface area contributed by atoms with E-state index >= 15 is 0 Å². The van der Waals surface area contributed by atoms with Crippen LogP contribution in [0.15, 0.2) is 0 Å². The van der Waals surface area contributed by atoms with Gasteiger partial charge in [0.1, 0.15) is 0 Å². The predicted octanol–water partition coefficient (Wildman–Crippen LogP) is 0.572. The van der Waals surface area contributed by atoms with Gasteiger partial charge in [0.2, 0.25) is 5.91 Å². The van der Waals surface area contributed by atoms with Gasteiger partial charge >= 0.3 is 0 Å². The molecule has 0 aromatic carbocycles. The highest BCUT2D eigenvalue weighted by atomic mass is 16.1. The molecule has 0 spiro atoms. The van der Waals surface area contributed by atoms with Crippen molar-refractivity contribution in [3.63, 3.8) is 0 Å². The van der Waals surface area contributed by atoms with Crippen LogP contribution in [-0.2, 0) is 4.79 Å². The molecule has 90 valence electrons. The number of hydrogen-bond acceptors (Lipinski definition) is 3. The zero-order valence-electron chi connectivity index (χ0n) is 10.3. The number of hydrogen-bond donors (Lipinski definition) is 2. The monoisotopic (exact) mass is 215 g/mol. The largest absolute Gasteiger partial charge is 0.368 e. The van der Waals surface area contributed by atoms with E-state index in [2.05, 4.69) is 24.2 Å². The molecule has 0 fully saturated rings. The minimum Gasteiger partial charge on any atom is -0.368 e. The first kappa shape index (κ1) is 14.4. The number of carbonyl (C=O) groups excluding carboxylic acids is 1. The molecule has 1 atom stereocenters. The second-order valence-corrected chi connectivity index (χ2v) is 4.04. The Labute approximate surface area is 93.2 Å². The van der Waals surface area contributed by atoms with Crippen LogP contribution >= 0.6 is 0 Å². The van der Waals surface area contributed by atoms with Crippen molar-refractivity contribution < 1.29 is 4.79 Å². The van der Waals surface area contributed by atoms with E-state index in [-0.39, 0.29) is 11.9 Å². The fourth-order valence-corrected chi connectivity index (χ4v) is 1.52. The van der Waals surface area contributed by atoms with E-state index in [4.69, 9.17) is 5.73 Å². The van der Waals surface area contributed by atoms with E-state index in [0.29, 0.717) is 0 Å². The van der Waals surface area contributed by atoms with Crippen molar-refractivity contribution in [2.75, 3.05) is 27.2 Å². The van der Waals surface area contributed by atoms with E-state index in [1.165, 1.54) is 19.3 Å². The van der Waals surface area contributed by atoms with Crippen LogP contribution in [0, 0.1) is 0 Å². The third kappa shape index (κ3) is 7.33. The summed E-state index contributed by atoms with van der Waals surface area (Å²) in [6.07, 6.45) is 4.53. The Kier molecular flexibility index (Phi) is 8.33. The highest BCUT2D eigenvalue weighted by molar-refractivity contribution is 5.79. The van der Waals surface area contributed by atoms with Crippen LogP contribution in [0.1, 0.15) is 32.6 Å². The number of amides is 1. The zero-order chi connectivity index (χ0) is 11.7. The fraction of sp³-hybridized carbons (Fsp3) is 0.909. The number of primary amides is 1. The number of carbonyl (C=O) groups is 1.